The van der Waals surface area contributed by atoms with Gasteiger partial charge < -0.3 is 10.6 Å². The van der Waals surface area contributed by atoms with E-state index in [4.69, 9.17) is 0 Å². The van der Waals surface area contributed by atoms with E-state index in [9.17, 15) is 13.2 Å². The largest absolute Gasteiger partial charge is 0.324 e. The first-order valence-corrected chi connectivity index (χ1v) is 9.73. The number of piperidine rings is 1. The molecule has 0 unspecified atom stereocenters. The molecular formula is C18H21N3O3S. The number of para-hydroxylation sites is 2. The Morgan fingerprint density at radius 1 is 0.920 bits per heavy atom. The fraction of sp³-hybridized carbons (Fsp3) is 0.278. The van der Waals surface area contributed by atoms with Crippen molar-refractivity contribution >= 4 is 27.3 Å². The molecule has 1 aliphatic rings. The van der Waals surface area contributed by atoms with Gasteiger partial charge in [0.05, 0.1) is 16.3 Å². The maximum atomic E-state index is 12.5. The Morgan fingerprint density at radius 3 is 2.20 bits per heavy atom. The van der Waals surface area contributed by atoms with Crippen LogP contribution in [0.15, 0.2) is 59.5 Å². The lowest BCUT2D eigenvalue weighted by molar-refractivity contribution is -0.120. The average Bonchev–Trinajstić information content (AvgIpc) is 2.64. The smallest absolute Gasteiger partial charge is 0.261 e. The Hall–Kier alpha value is -2.38. The Balaban J connectivity index is 1.78. The van der Waals surface area contributed by atoms with E-state index in [1.165, 1.54) is 12.1 Å². The van der Waals surface area contributed by atoms with Gasteiger partial charge in [-0.15, -0.1) is 0 Å². The fourth-order valence-corrected chi connectivity index (χ4v) is 3.90. The number of anilines is 2. The topological polar surface area (TPSA) is 87.3 Å². The maximum Gasteiger partial charge on any atom is 0.261 e. The normalized spacial score (nSPS) is 15.5. The van der Waals surface area contributed by atoms with Crippen LogP contribution in [0, 0.1) is 5.92 Å². The van der Waals surface area contributed by atoms with Crippen LogP contribution in [-0.4, -0.2) is 27.4 Å². The Labute approximate surface area is 147 Å². The van der Waals surface area contributed by atoms with Gasteiger partial charge in [-0.2, -0.15) is 0 Å². The zero-order chi connectivity index (χ0) is 17.7. The van der Waals surface area contributed by atoms with Crippen molar-refractivity contribution in [3.63, 3.8) is 0 Å². The number of carbonyl (C=O) groups is 1. The van der Waals surface area contributed by atoms with Gasteiger partial charge in [0.1, 0.15) is 0 Å². The number of benzene rings is 2. The fourth-order valence-electron chi connectivity index (χ4n) is 2.80. The van der Waals surface area contributed by atoms with E-state index in [-0.39, 0.29) is 16.7 Å². The zero-order valence-electron chi connectivity index (χ0n) is 13.7. The summed E-state index contributed by atoms with van der Waals surface area (Å²) in [7, 11) is -3.71. The summed E-state index contributed by atoms with van der Waals surface area (Å²) >= 11 is 0. The quantitative estimate of drug-likeness (QED) is 0.765. The van der Waals surface area contributed by atoms with Gasteiger partial charge >= 0.3 is 0 Å². The zero-order valence-corrected chi connectivity index (χ0v) is 14.6. The van der Waals surface area contributed by atoms with Crippen molar-refractivity contribution in [1.82, 2.24) is 5.32 Å². The molecule has 1 fully saturated rings. The summed E-state index contributed by atoms with van der Waals surface area (Å²) < 4.78 is 27.6. The first-order chi connectivity index (χ1) is 12.1. The van der Waals surface area contributed by atoms with E-state index in [1.807, 2.05) is 0 Å². The van der Waals surface area contributed by atoms with Gasteiger partial charge in [0.25, 0.3) is 10.0 Å². The van der Waals surface area contributed by atoms with Crippen LogP contribution in [0.4, 0.5) is 11.4 Å². The van der Waals surface area contributed by atoms with Crippen LogP contribution in [0.5, 0.6) is 0 Å². The summed E-state index contributed by atoms with van der Waals surface area (Å²) in [5, 5.41) is 6.08. The van der Waals surface area contributed by atoms with Crippen LogP contribution in [0.1, 0.15) is 12.8 Å². The van der Waals surface area contributed by atoms with E-state index in [1.54, 1.807) is 42.5 Å². The molecule has 1 saturated heterocycles. The van der Waals surface area contributed by atoms with Crippen LogP contribution < -0.4 is 15.4 Å². The number of hydrogen-bond acceptors (Lipinski definition) is 4. The first-order valence-electron chi connectivity index (χ1n) is 8.25. The molecule has 2 aromatic carbocycles. The van der Waals surface area contributed by atoms with E-state index in [2.05, 4.69) is 15.4 Å². The van der Waals surface area contributed by atoms with Gasteiger partial charge in [0.15, 0.2) is 0 Å². The molecule has 6 nitrogen and oxygen atoms in total. The summed E-state index contributed by atoms with van der Waals surface area (Å²) in [4.78, 5) is 12.6. The van der Waals surface area contributed by atoms with Crippen molar-refractivity contribution in [2.45, 2.75) is 17.7 Å². The highest BCUT2D eigenvalue weighted by atomic mass is 32.2. The van der Waals surface area contributed by atoms with E-state index in [0.29, 0.717) is 11.4 Å². The molecular weight excluding hydrogens is 338 g/mol. The van der Waals surface area contributed by atoms with Gasteiger partial charge in [-0.05, 0) is 50.2 Å². The minimum Gasteiger partial charge on any atom is -0.324 e. The molecule has 1 amide bonds. The average molecular weight is 359 g/mol. The number of carbonyl (C=O) groups excluding carboxylic acids is 1. The van der Waals surface area contributed by atoms with E-state index in [0.717, 1.165) is 25.9 Å². The SMILES string of the molecule is O=C(Nc1ccccc1NS(=O)(=O)c1ccccc1)C1CCNCC1. The van der Waals surface area contributed by atoms with Crippen molar-refractivity contribution in [3.8, 4) is 0 Å². The number of amides is 1. The Morgan fingerprint density at radius 2 is 1.52 bits per heavy atom. The summed E-state index contributed by atoms with van der Waals surface area (Å²) in [5.41, 5.74) is 0.819. The highest BCUT2D eigenvalue weighted by Gasteiger charge is 2.22. The van der Waals surface area contributed by atoms with Crippen molar-refractivity contribution in [2.24, 2.45) is 5.92 Å². The molecule has 0 radical (unpaired) electrons. The van der Waals surface area contributed by atoms with Gasteiger partial charge in [0.2, 0.25) is 5.91 Å². The number of hydrogen-bond donors (Lipinski definition) is 3. The third-order valence-corrected chi connectivity index (χ3v) is 5.57. The van der Waals surface area contributed by atoms with Crippen LogP contribution in [0.3, 0.4) is 0 Å². The number of rotatable bonds is 5. The second-order valence-electron chi connectivity index (χ2n) is 5.98. The summed E-state index contributed by atoms with van der Waals surface area (Å²) in [5.74, 6) is -0.132. The van der Waals surface area contributed by atoms with Gasteiger partial charge in [0, 0.05) is 5.92 Å². The molecule has 0 aliphatic carbocycles. The molecule has 0 atom stereocenters. The molecule has 0 aromatic heterocycles. The molecule has 25 heavy (non-hydrogen) atoms. The van der Waals surface area contributed by atoms with Crippen molar-refractivity contribution in [3.05, 3.63) is 54.6 Å². The van der Waals surface area contributed by atoms with Gasteiger partial charge in [-0.3, -0.25) is 9.52 Å². The Bertz CT molecular complexity index is 832. The van der Waals surface area contributed by atoms with Crippen molar-refractivity contribution in [1.29, 1.82) is 0 Å². The second-order valence-corrected chi connectivity index (χ2v) is 7.66. The minimum absolute atomic E-state index is 0.0555. The molecule has 1 heterocycles. The maximum absolute atomic E-state index is 12.5. The van der Waals surface area contributed by atoms with Gasteiger partial charge in [-0.25, -0.2) is 8.42 Å². The number of sulfonamides is 1. The molecule has 2 aromatic rings. The lowest BCUT2D eigenvalue weighted by Gasteiger charge is -2.22. The highest BCUT2D eigenvalue weighted by Crippen LogP contribution is 2.25. The lowest BCUT2D eigenvalue weighted by Crippen LogP contribution is -2.34. The van der Waals surface area contributed by atoms with Crippen LogP contribution in [-0.2, 0) is 14.8 Å². The predicted octanol–water partition coefficient (Wildman–Crippen LogP) is 2.43. The van der Waals surface area contributed by atoms with Crippen LogP contribution >= 0.6 is 0 Å². The lowest BCUT2D eigenvalue weighted by atomic mass is 9.97. The third kappa shape index (κ3) is 4.37. The molecule has 3 N–H and O–H groups in total. The standard InChI is InChI=1S/C18H21N3O3S/c22-18(14-10-12-19-13-11-14)20-16-8-4-5-9-17(16)21-25(23,24)15-6-2-1-3-7-15/h1-9,14,19,21H,10-13H2,(H,20,22). The molecule has 132 valence electrons. The predicted molar refractivity (Wildman–Crippen MR) is 97.9 cm³/mol. The molecule has 7 heteroatoms. The summed E-state index contributed by atoms with van der Waals surface area (Å²) in [6.45, 7) is 1.64. The summed E-state index contributed by atoms with van der Waals surface area (Å²) in [6, 6.07) is 15.0. The summed E-state index contributed by atoms with van der Waals surface area (Å²) in [6.07, 6.45) is 1.56. The van der Waals surface area contributed by atoms with Crippen molar-refractivity contribution < 1.29 is 13.2 Å². The van der Waals surface area contributed by atoms with Gasteiger partial charge in [-0.1, -0.05) is 30.3 Å². The highest BCUT2D eigenvalue weighted by molar-refractivity contribution is 7.92. The number of nitrogens with one attached hydrogen (secondary N) is 3. The Kier molecular flexibility index (Phi) is 5.35. The first kappa shape index (κ1) is 17.4. The monoisotopic (exact) mass is 359 g/mol. The molecule has 3 rings (SSSR count). The van der Waals surface area contributed by atoms with Crippen LogP contribution in [0.2, 0.25) is 0 Å². The van der Waals surface area contributed by atoms with E-state index >= 15 is 0 Å². The minimum atomic E-state index is -3.71. The second kappa shape index (κ2) is 7.67. The molecule has 1 aliphatic heterocycles. The van der Waals surface area contributed by atoms with E-state index < -0.39 is 10.0 Å². The molecule has 0 bridgehead atoms. The molecule has 0 saturated carbocycles. The van der Waals surface area contributed by atoms with Crippen LogP contribution in [0.25, 0.3) is 0 Å². The molecule has 0 spiro atoms. The van der Waals surface area contributed by atoms with Crippen molar-refractivity contribution in [2.75, 3.05) is 23.1 Å². The third-order valence-electron chi connectivity index (χ3n) is 4.19.